The molecule has 0 fully saturated rings. The second-order valence-corrected chi connectivity index (χ2v) is 12.2. The molecule has 2 nitrogen and oxygen atoms in total. The monoisotopic (exact) mass is 506 g/mol. The van der Waals surface area contributed by atoms with Crippen LogP contribution in [-0.4, -0.2) is 21.4 Å². The van der Waals surface area contributed by atoms with Gasteiger partial charge in [-0.15, -0.1) is 0 Å². The first kappa shape index (κ1) is 27.4. The molecule has 33 heavy (non-hydrogen) atoms. The Balaban J connectivity index is 2.61. The third-order valence-corrected chi connectivity index (χ3v) is 8.34. The van der Waals surface area contributed by atoms with Gasteiger partial charge in [0.2, 0.25) is 0 Å². The Morgan fingerprint density at radius 3 is 1.48 bits per heavy atom. The molecule has 0 saturated carbocycles. The number of anilines is 1. The van der Waals surface area contributed by atoms with E-state index in [-0.39, 0.29) is 15.7 Å². The Labute approximate surface area is 210 Å². The van der Waals surface area contributed by atoms with Gasteiger partial charge in [-0.25, -0.2) is 0 Å². The maximum atomic E-state index is 5.19. The van der Waals surface area contributed by atoms with E-state index in [1.807, 2.05) is 0 Å². The van der Waals surface area contributed by atoms with Crippen molar-refractivity contribution in [1.29, 1.82) is 0 Å². The van der Waals surface area contributed by atoms with Gasteiger partial charge < -0.3 is 0 Å². The second-order valence-electron chi connectivity index (χ2n) is 10.3. The number of allylic oxidation sites excluding steroid dienone is 2. The Kier molecular flexibility index (Phi) is 10.0. The molecule has 0 atom stereocenters. The van der Waals surface area contributed by atoms with Crippen LogP contribution in [0.15, 0.2) is 53.2 Å². The zero-order chi connectivity index (χ0) is 24.9. The molecule has 2 rings (SSSR count). The van der Waals surface area contributed by atoms with Crippen LogP contribution in [0.4, 0.5) is 11.4 Å². The summed E-state index contributed by atoms with van der Waals surface area (Å²) in [6.45, 7) is 22.7. The predicted molar refractivity (Wildman–Crippen MR) is 150 cm³/mol. The first-order valence-electron chi connectivity index (χ1n) is 12.5. The molecule has 2 aromatic carbocycles. The standard InChI is InChI=1S/C30H44GeN2/c1-19(2)25-14-12-15-26(20(3)4)29(25)32-23(9)18-24(10)33(31-11)30-27(21(5)6)16-13-17-28(30)22(7)8/h12-22H,1-11H3/b24-18-,32-23?. The number of rotatable bonds is 9. The molecule has 0 aromatic heterocycles. The molecule has 3 heteroatoms. The summed E-state index contributed by atoms with van der Waals surface area (Å²) in [6.07, 6.45) is 2.29. The minimum absolute atomic E-state index is 0.329. The number of hydrogen-bond acceptors (Lipinski definition) is 2. The molecule has 2 aromatic rings. The molecule has 0 saturated heterocycles. The van der Waals surface area contributed by atoms with Crippen molar-refractivity contribution in [2.45, 2.75) is 98.7 Å². The quantitative estimate of drug-likeness (QED) is 0.245. The van der Waals surface area contributed by atoms with Crippen LogP contribution in [0.5, 0.6) is 0 Å². The first-order valence-corrected chi connectivity index (χ1v) is 15.5. The summed E-state index contributed by atoms with van der Waals surface area (Å²) in [6, 6.07) is 13.5. The Morgan fingerprint density at radius 2 is 1.12 bits per heavy atom. The van der Waals surface area contributed by atoms with Crippen LogP contribution in [0.1, 0.15) is 115 Å². The van der Waals surface area contributed by atoms with Gasteiger partial charge >= 0.3 is 211 Å². The number of benzene rings is 2. The van der Waals surface area contributed by atoms with Crippen LogP contribution in [-0.2, 0) is 0 Å². The predicted octanol–water partition coefficient (Wildman–Crippen LogP) is 9.35. The van der Waals surface area contributed by atoms with E-state index in [1.165, 1.54) is 33.6 Å². The summed E-state index contributed by atoms with van der Waals surface area (Å²) in [5.41, 5.74) is 10.5. The van der Waals surface area contributed by atoms with E-state index in [0.29, 0.717) is 23.7 Å². The molecule has 2 radical (unpaired) electrons. The van der Waals surface area contributed by atoms with E-state index in [9.17, 15) is 0 Å². The average Bonchev–Trinajstić information content (AvgIpc) is 2.73. The summed E-state index contributed by atoms with van der Waals surface area (Å²) in [4.78, 5) is 5.19. The summed E-state index contributed by atoms with van der Waals surface area (Å²) in [7, 11) is 0. The topological polar surface area (TPSA) is 15.6 Å². The fourth-order valence-corrected chi connectivity index (χ4v) is 6.34. The van der Waals surface area contributed by atoms with Gasteiger partial charge in [-0.3, -0.25) is 0 Å². The third kappa shape index (κ3) is 6.62. The summed E-state index contributed by atoms with van der Waals surface area (Å²) in [5.74, 6) is 4.26. The van der Waals surface area contributed by atoms with Gasteiger partial charge in [0, 0.05) is 0 Å². The van der Waals surface area contributed by atoms with Crippen molar-refractivity contribution >= 4 is 32.7 Å². The van der Waals surface area contributed by atoms with Crippen LogP contribution >= 0.6 is 0 Å². The van der Waals surface area contributed by atoms with E-state index in [0.717, 1.165) is 11.4 Å². The van der Waals surface area contributed by atoms with Crippen molar-refractivity contribution in [1.82, 2.24) is 0 Å². The molecule has 0 spiro atoms. The van der Waals surface area contributed by atoms with Crippen LogP contribution in [0, 0.1) is 0 Å². The van der Waals surface area contributed by atoms with Gasteiger partial charge in [0.15, 0.2) is 0 Å². The molecule has 0 aliphatic heterocycles. The van der Waals surface area contributed by atoms with Crippen LogP contribution in [0.25, 0.3) is 0 Å². The van der Waals surface area contributed by atoms with Gasteiger partial charge in [-0.05, 0) is 0 Å². The van der Waals surface area contributed by atoms with Gasteiger partial charge in [0.1, 0.15) is 0 Å². The summed E-state index contributed by atoms with van der Waals surface area (Å²) in [5, 5.41) is 0. The molecular weight excluding hydrogens is 461 g/mol. The molecule has 0 bridgehead atoms. The zero-order valence-corrected chi connectivity index (χ0v) is 24.8. The fourth-order valence-electron chi connectivity index (χ4n) is 4.45. The van der Waals surface area contributed by atoms with Crippen LogP contribution < -0.4 is 3.86 Å². The van der Waals surface area contributed by atoms with Crippen molar-refractivity contribution < 1.29 is 0 Å². The van der Waals surface area contributed by atoms with Crippen molar-refractivity contribution in [3.63, 3.8) is 0 Å². The van der Waals surface area contributed by atoms with Gasteiger partial charge in [0.05, 0.1) is 0 Å². The molecule has 0 unspecified atom stereocenters. The first-order chi connectivity index (χ1) is 15.5. The summed E-state index contributed by atoms with van der Waals surface area (Å²) >= 11 is -0.329. The molecule has 0 heterocycles. The number of hydrogen-bond donors (Lipinski definition) is 0. The molecule has 0 aliphatic carbocycles. The normalized spacial score (nSPS) is 13.1. The average molecular weight is 505 g/mol. The molecule has 0 aliphatic rings. The van der Waals surface area contributed by atoms with Gasteiger partial charge in [-0.2, -0.15) is 0 Å². The van der Waals surface area contributed by atoms with Crippen LogP contribution in [0.3, 0.4) is 0 Å². The van der Waals surface area contributed by atoms with E-state index < -0.39 is 0 Å². The van der Waals surface area contributed by atoms with E-state index >= 15 is 0 Å². The van der Waals surface area contributed by atoms with Crippen molar-refractivity contribution in [2.75, 3.05) is 3.86 Å². The molecular formula is C30H44GeN2. The van der Waals surface area contributed by atoms with E-state index in [2.05, 4.69) is 121 Å². The second kappa shape index (κ2) is 12.1. The van der Waals surface area contributed by atoms with Crippen molar-refractivity contribution in [2.24, 2.45) is 4.99 Å². The molecule has 178 valence electrons. The Morgan fingerprint density at radius 1 is 0.727 bits per heavy atom. The van der Waals surface area contributed by atoms with Crippen LogP contribution in [0.2, 0.25) is 5.76 Å². The Hall–Kier alpha value is -1.81. The number of aliphatic imine (C=N–C) groups is 1. The maximum absolute atomic E-state index is 5.19. The zero-order valence-electron chi connectivity index (χ0n) is 22.7. The van der Waals surface area contributed by atoms with E-state index in [1.54, 1.807) is 0 Å². The van der Waals surface area contributed by atoms with Crippen molar-refractivity contribution in [3.8, 4) is 0 Å². The van der Waals surface area contributed by atoms with E-state index in [4.69, 9.17) is 4.99 Å². The number of nitrogens with zero attached hydrogens (tertiary/aromatic N) is 2. The fraction of sp³-hybridized carbons (Fsp3) is 0.500. The van der Waals surface area contributed by atoms with Crippen molar-refractivity contribution in [3.05, 3.63) is 70.4 Å². The number of para-hydroxylation sites is 2. The summed E-state index contributed by atoms with van der Waals surface area (Å²) < 4.78 is 2.60. The molecule has 0 N–H and O–H groups in total. The minimum atomic E-state index is -0.329. The van der Waals surface area contributed by atoms with Gasteiger partial charge in [0.25, 0.3) is 0 Å². The SMILES string of the molecule is [CH3][Ge][N](/C(C)=C\C(C)=Nc1c(C(C)C)cccc1C(C)C)c1c(C(C)C)cccc1C(C)C. The van der Waals surface area contributed by atoms with Gasteiger partial charge in [-0.1, -0.05) is 0 Å². The third-order valence-electron chi connectivity index (χ3n) is 6.19. The Bertz CT molecular complexity index is 944. The molecule has 0 amide bonds.